The first-order valence-electron chi connectivity index (χ1n) is 8.83. The number of rotatable bonds is 6. The Bertz CT molecular complexity index is 1160. The quantitative estimate of drug-likeness (QED) is 0.491. The summed E-state index contributed by atoms with van der Waals surface area (Å²) in [5, 5.41) is 3.04. The number of benzene rings is 2. The van der Waals surface area contributed by atoms with Crippen molar-refractivity contribution < 1.29 is 27.9 Å². The highest BCUT2D eigenvalue weighted by atomic mass is 19.1. The number of anilines is 1. The van der Waals surface area contributed by atoms with E-state index in [0.29, 0.717) is 16.7 Å². The topological polar surface area (TPSA) is 106 Å². The summed E-state index contributed by atoms with van der Waals surface area (Å²) in [6.45, 7) is -0.975. The predicted octanol–water partition coefficient (Wildman–Crippen LogP) is 2.19. The Kier molecular flexibility index (Phi) is 6.21. The molecule has 3 rings (SSSR count). The molecule has 0 aliphatic heterocycles. The molecule has 9 heteroatoms. The summed E-state index contributed by atoms with van der Waals surface area (Å²) in [4.78, 5) is 49.3. The van der Waals surface area contributed by atoms with E-state index in [0.717, 1.165) is 4.90 Å². The first-order chi connectivity index (χ1) is 14.3. The average Bonchev–Trinajstić information content (AvgIpc) is 2.72. The lowest BCUT2D eigenvalue weighted by atomic mass is 10.2. The van der Waals surface area contributed by atoms with E-state index in [4.69, 9.17) is 9.15 Å². The molecular formula is C21H17FN2O6. The molecule has 0 fully saturated rings. The summed E-state index contributed by atoms with van der Waals surface area (Å²) in [7, 11) is 1.35. The number of hydrogen-bond acceptors (Lipinski definition) is 6. The second-order valence-corrected chi connectivity index (χ2v) is 6.37. The maximum absolute atomic E-state index is 12.9. The molecule has 3 aromatic rings. The second-order valence-electron chi connectivity index (χ2n) is 6.37. The van der Waals surface area contributed by atoms with Crippen LogP contribution in [-0.2, 0) is 14.3 Å². The van der Waals surface area contributed by atoms with Crippen molar-refractivity contribution in [2.45, 2.75) is 0 Å². The number of likely N-dealkylation sites (N-methyl/N-ethyl adjacent to an activating group) is 1. The number of carbonyl (C=O) groups excluding carboxylic acids is 3. The molecule has 0 aliphatic rings. The van der Waals surface area contributed by atoms with Gasteiger partial charge in [0.25, 0.3) is 5.91 Å². The van der Waals surface area contributed by atoms with Crippen LogP contribution in [0.5, 0.6) is 0 Å². The van der Waals surface area contributed by atoms with Crippen molar-refractivity contribution in [3.8, 4) is 0 Å². The van der Waals surface area contributed by atoms with Gasteiger partial charge >= 0.3 is 11.6 Å². The Labute approximate surface area is 169 Å². The lowest BCUT2D eigenvalue weighted by Gasteiger charge is -2.16. The molecule has 154 valence electrons. The molecule has 0 bridgehead atoms. The highest BCUT2D eigenvalue weighted by Crippen LogP contribution is 2.13. The lowest BCUT2D eigenvalue weighted by Crippen LogP contribution is -2.37. The first-order valence-corrected chi connectivity index (χ1v) is 8.83. The smallest absolute Gasteiger partial charge is 0.351 e. The Morgan fingerprint density at radius 2 is 1.80 bits per heavy atom. The van der Waals surface area contributed by atoms with Crippen LogP contribution in [0.15, 0.2) is 63.8 Å². The molecule has 0 saturated heterocycles. The standard InChI is InChI=1S/C21H17FN2O6/c1-24(11-18(25)23-15-8-6-14(22)7-9-15)19(26)12-29-20(27)16-10-13-4-2-3-5-17(13)30-21(16)28/h2-10H,11-12H2,1H3,(H,23,25). The minimum absolute atomic E-state index is 0.314. The molecule has 30 heavy (non-hydrogen) atoms. The molecule has 2 amide bonds. The van der Waals surface area contributed by atoms with Gasteiger partial charge < -0.3 is 19.4 Å². The summed E-state index contributed by atoms with van der Waals surface area (Å²) in [6, 6.07) is 13.1. The Morgan fingerprint density at radius 1 is 1.10 bits per heavy atom. The minimum Gasteiger partial charge on any atom is -0.452 e. The van der Waals surface area contributed by atoms with Crippen LogP contribution < -0.4 is 10.9 Å². The molecule has 0 aliphatic carbocycles. The maximum Gasteiger partial charge on any atom is 0.351 e. The molecule has 0 atom stereocenters. The minimum atomic E-state index is -1.01. The zero-order valence-electron chi connectivity index (χ0n) is 15.9. The van der Waals surface area contributed by atoms with E-state index in [-0.39, 0.29) is 12.1 Å². The van der Waals surface area contributed by atoms with Crippen LogP contribution in [0.3, 0.4) is 0 Å². The van der Waals surface area contributed by atoms with Gasteiger partial charge in [0.15, 0.2) is 6.61 Å². The summed E-state index contributed by atoms with van der Waals surface area (Å²) >= 11 is 0. The van der Waals surface area contributed by atoms with E-state index in [9.17, 15) is 23.6 Å². The van der Waals surface area contributed by atoms with Gasteiger partial charge in [0.2, 0.25) is 5.91 Å². The number of halogens is 1. The number of ether oxygens (including phenoxy) is 1. The van der Waals surface area contributed by atoms with Gasteiger partial charge in [-0.05, 0) is 36.4 Å². The largest absolute Gasteiger partial charge is 0.452 e. The molecule has 0 unspecified atom stereocenters. The third-order valence-corrected chi connectivity index (χ3v) is 4.12. The van der Waals surface area contributed by atoms with Crippen molar-refractivity contribution in [3.05, 3.63) is 76.4 Å². The number of nitrogens with one attached hydrogen (secondary N) is 1. The number of fused-ring (bicyclic) bond motifs is 1. The molecule has 0 spiro atoms. The van der Waals surface area contributed by atoms with Gasteiger partial charge in [0, 0.05) is 18.1 Å². The van der Waals surface area contributed by atoms with Gasteiger partial charge in [-0.2, -0.15) is 0 Å². The molecule has 0 radical (unpaired) electrons. The maximum atomic E-state index is 12.9. The molecule has 8 nitrogen and oxygen atoms in total. The number of hydrogen-bond donors (Lipinski definition) is 1. The molecule has 1 N–H and O–H groups in total. The van der Waals surface area contributed by atoms with Crippen molar-refractivity contribution in [1.82, 2.24) is 4.90 Å². The van der Waals surface area contributed by atoms with Crippen LogP contribution in [0.25, 0.3) is 11.0 Å². The SMILES string of the molecule is CN(CC(=O)Nc1ccc(F)cc1)C(=O)COC(=O)c1cc2ccccc2oc1=O. The van der Waals surface area contributed by atoms with Gasteiger partial charge in [-0.1, -0.05) is 18.2 Å². The fraction of sp³-hybridized carbons (Fsp3) is 0.143. The molecular weight excluding hydrogens is 395 g/mol. The fourth-order valence-corrected chi connectivity index (χ4v) is 2.56. The number of para-hydroxylation sites is 1. The summed E-state index contributed by atoms with van der Waals surface area (Å²) in [6.07, 6.45) is 0. The zero-order chi connectivity index (χ0) is 21.7. The molecule has 1 heterocycles. The number of carbonyl (C=O) groups is 3. The van der Waals surface area contributed by atoms with Gasteiger partial charge in [-0.3, -0.25) is 9.59 Å². The first kappa shape index (κ1) is 20.7. The molecule has 1 aromatic heterocycles. The highest BCUT2D eigenvalue weighted by molar-refractivity contribution is 5.96. The van der Waals surface area contributed by atoms with E-state index < -0.39 is 35.8 Å². The highest BCUT2D eigenvalue weighted by Gasteiger charge is 2.19. The second kappa shape index (κ2) is 8.99. The van der Waals surface area contributed by atoms with E-state index in [1.165, 1.54) is 37.4 Å². The number of nitrogens with zero attached hydrogens (tertiary/aromatic N) is 1. The fourth-order valence-electron chi connectivity index (χ4n) is 2.56. The van der Waals surface area contributed by atoms with Crippen LogP contribution in [0.4, 0.5) is 10.1 Å². The summed E-state index contributed by atoms with van der Waals surface area (Å²) in [5.41, 5.74) is -0.518. The number of amides is 2. The van der Waals surface area contributed by atoms with Crippen molar-refractivity contribution in [2.75, 3.05) is 25.5 Å². The molecule has 2 aromatic carbocycles. The van der Waals surface area contributed by atoms with Crippen LogP contribution >= 0.6 is 0 Å². The van der Waals surface area contributed by atoms with Crippen molar-refractivity contribution in [3.63, 3.8) is 0 Å². The van der Waals surface area contributed by atoms with E-state index in [2.05, 4.69) is 5.32 Å². The van der Waals surface area contributed by atoms with Gasteiger partial charge in [0.05, 0.1) is 6.54 Å². The lowest BCUT2D eigenvalue weighted by molar-refractivity contribution is -0.136. The van der Waals surface area contributed by atoms with E-state index in [1.807, 2.05) is 0 Å². The Balaban J connectivity index is 1.54. The van der Waals surface area contributed by atoms with E-state index in [1.54, 1.807) is 24.3 Å². The Hall–Kier alpha value is -4.01. The van der Waals surface area contributed by atoms with Crippen molar-refractivity contribution >= 4 is 34.4 Å². The Morgan fingerprint density at radius 3 is 2.53 bits per heavy atom. The average molecular weight is 412 g/mol. The van der Waals surface area contributed by atoms with E-state index >= 15 is 0 Å². The van der Waals surface area contributed by atoms with Crippen LogP contribution in [0, 0.1) is 5.82 Å². The third-order valence-electron chi connectivity index (χ3n) is 4.12. The van der Waals surface area contributed by atoms with Crippen molar-refractivity contribution in [2.24, 2.45) is 0 Å². The monoisotopic (exact) mass is 412 g/mol. The molecule has 0 saturated carbocycles. The van der Waals surface area contributed by atoms with Gasteiger partial charge in [-0.25, -0.2) is 14.0 Å². The van der Waals surface area contributed by atoms with Gasteiger partial charge in [-0.15, -0.1) is 0 Å². The number of esters is 1. The van der Waals surface area contributed by atoms with Crippen LogP contribution in [0.1, 0.15) is 10.4 Å². The predicted molar refractivity (Wildman–Crippen MR) is 105 cm³/mol. The summed E-state index contributed by atoms with van der Waals surface area (Å²) in [5.74, 6) is -2.61. The third kappa shape index (κ3) is 5.07. The van der Waals surface area contributed by atoms with Crippen LogP contribution in [0.2, 0.25) is 0 Å². The van der Waals surface area contributed by atoms with Crippen molar-refractivity contribution in [1.29, 1.82) is 0 Å². The summed E-state index contributed by atoms with van der Waals surface area (Å²) < 4.78 is 22.8. The van der Waals surface area contributed by atoms with Crippen LogP contribution in [-0.4, -0.2) is 42.9 Å². The normalized spacial score (nSPS) is 10.5. The zero-order valence-corrected chi connectivity index (χ0v) is 15.9. The van der Waals surface area contributed by atoms with Gasteiger partial charge in [0.1, 0.15) is 17.0 Å².